The molecule has 0 fully saturated rings. The first-order valence-corrected chi connectivity index (χ1v) is 5.21. The fourth-order valence-electron chi connectivity index (χ4n) is 0.917. The maximum absolute atomic E-state index is 10.6. The molecule has 4 nitrogen and oxygen atoms in total. The van der Waals surface area contributed by atoms with E-state index in [2.05, 4.69) is 0 Å². The number of aromatic hydroxyl groups is 1. The number of benzene rings is 1. The third-order valence-corrected chi connectivity index (χ3v) is 3.98. The fraction of sp³-hybridized carbons (Fsp3) is 0.143. The highest BCUT2D eigenvalue weighted by molar-refractivity contribution is 14.1. The van der Waals surface area contributed by atoms with E-state index in [0.29, 0.717) is 5.56 Å². The molecule has 0 bridgehead atoms. The van der Waals surface area contributed by atoms with Crippen molar-refractivity contribution < 1.29 is 10.0 Å². The Morgan fingerprint density at radius 1 is 1.43 bits per heavy atom. The van der Waals surface area contributed by atoms with Gasteiger partial charge in [-0.05, 0) is 35.1 Å². The van der Waals surface area contributed by atoms with Gasteiger partial charge in [-0.3, -0.25) is 10.1 Å². The van der Waals surface area contributed by atoms with E-state index in [9.17, 15) is 15.2 Å². The zero-order chi connectivity index (χ0) is 11.0. The third kappa shape index (κ3) is 1.76. The molecule has 0 radical (unpaired) electrons. The number of nitro benzene ring substituents is 1. The van der Waals surface area contributed by atoms with Gasteiger partial charge in [0, 0.05) is 0 Å². The second kappa shape index (κ2) is 4.08. The van der Waals surface area contributed by atoms with Gasteiger partial charge in [-0.25, -0.2) is 0 Å². The van der Waals surface area contributed by atoms with Crippen molar-refractivity contribution in [1.82, 2.24) is 0 Å². The normalized spacial score (nSPS) is 10.3. The lowest BCUT2D eigenvalue weighted by atomic mass is 10.2. The van der Waals surface area contributed by atoms with Crippen LogP contribution < -0.4 is 0 Å². The van der Waals surface area contributed by atoms with Gasteiger partial charge in [0.1, 0.15) is 3.57 Å². The Kier molecular flexibility index (Phi) is 3.44. The van der Waals surface area contributed by atoms with Crippen LogP contribution in [-0.4, -0.2) is 10.0 Å². The lowest BCUT2D eigenvalue weighted by Gasteiger charge is -2.06. The predicted octanol–water partition coefficient (Wildman–Crippen LogP) is 3.52. The van der Waals surface area contributed by atoms with Crippen molar-refractivity contribution in [3.8, 4) is 5.75 Å². The molecule has 0 atom stereocenters. The van der Waals surface area contributed by atoms with Gasteiger partial charge in [0.05, 0.1) is 15.0 Å². The van der Waals surface area contributed by atoms with Crippen molar-refractivity contribution in [1.29, 1.82) is 0 Å². The molecule has 0 aliphatic rings. The number of phenolic OH excluding ortho intramolecular Hbond substituents is 1. The molecule has 7 heteroatoms. The summed E-state index contributed by atoms with van der Waals surface area (Å²) >= 11 is 13.2. The van der Waals surface area contributed by atoms with E-state index in [1.807, 2.05) is 0 Å². The van der Waals surface area contributed by atoms with Crippen LogP contribution in [0.25, 0.3) is 0 Å². The molecule has 0 aliphatic heterocycles. The minimum Gasteiger partial charge on any atom is -0.501 e. The summed E-state index contributed by atoms with van der Waals surface area (Å²) in [5, 5.41) is 20.1. The van der Waals surface area contributed by atoms with Crippen molar-refractivity contribution in [2.24, 2.45) is 0 Å². The van der Waals surface area contributed by atoms with Crippen molar-refractivity contribution in [3.63, 3.8) is 0 Å². The highest BCUT2D eigenvalue weighted by Gasteiger charge is 2.26. The monoisotopic (exact) mass is 347 g/mol. The molecule has 0 saturated heterocycles. The zero-order valence-corrected chi connectivity index (χ0v) is 10.5. The maximum Gasteiger partial charge on any atom is 0.327 e. The minimum atomic E-state index is -0.714. The molecule has 0 aromatic heterocycles. The van der Waals surface area contributed by atoms with Crippen LogP contribution in [0.3, 0.4) is 0 Å². The quantitative estimate of drug-likeness (QED) is 0.366. The lowest BCUT2D eigenvalue weighted by molar-refractivity contribution is -0.386. The first-order valence-electron chi connectivity index (χ1n) is 3.38. The second-order valence-corrected chi connectivity index (χ2v) is 4.36. The van der Waals surface area contributed by atoms with Gasteiger partial charge in [-0.15, -0.1) is 0 Å². The Balaban J connectivity index is 3.68. The standard InChI is InChI=1S/C7H4Cl2INO3/c1-2-3(8)5(10)6(11(13)14)7(12)4(2)9/h12H,1H3. The van der Waals surface area contributed by atoms with E-state index in [0.717, 1.165) is 0 Å². The van der Waals surface area contributed by atoms with Gasteiger partial charge in [-0.1, -0.05) is 23.2 Å². The molecule has 0 amide bonds. The topological polar surface area (TPSA) is 63.4 Å². The van der Waals surface area contributed by atoms with Crippen LogP contribution in [0.4, 0.5) is 5.69 Å². The molecule has 0 aliphatic carbocycles. The number of hydrogen-bond acceptors (Lipinski definition) is 3. The van der Waals surface area contributed by atoms with Gasteiger partial charge in [-0.2, -0.15) is 0 Å². The van der Waals surface area contributed by atoms with Gasteiger partial charge >= 0.3 is 5.69 Å². The molecule has 14 heavy (non-hydrogen) atoms. The molecule has 1 rings (SSSR count). The van der Waals surface area contributed by atoms with E-state index in [-0.39, 0.29) is 13.6 Å². The van der Waals surface area contributed by atoms with E-state index >= 15 is 0 Å². The number of hydrogen-bond donors (Lipinski definition) is 1. The van der Waals surface area contributed by atoms with Crippen molar-refractivity contribution in [2.45, 2.75) is 6.92 Å². The van der Waals surface area contributed by atoms with Crippen LogP contribution in [-0.2, 0) is 0 Å². The summed E-state index contributed by atoms with van der Waals surface area (Å²) in [5.41, 5.74) is -0.0213. The number of nitrogens with zero attached hydrogens (tertiary/aromatic N) is 1. The van der Waals surface area contributed by atoms with Crippen LogP contribution in [0.15, 0.2) is 0 Å². The van der Waals surface area contributed by atoms with Gasteiger partial charge < -0.3 is 5.11 Å². The Hall–Kier alpha value is -0.270. The highest BCUT2D eigenvalue weighted by Crippen LogP contribution is 2.44. The average Bonchev–Trinajstić information content (AvgIpc) is 2.11. The van der Waals surface area contributed by atoms with Crippen LogP contribution in [0.1, 0.15) is 5.56 Å². The van der Waals surface area contributed by atoms with Gasteiger partial charge in [0.15, 0.2) is 0 Å². The summed E-state index contributed by atoms with van der Waals surface area (Å²) < 4.78 is 0.189. The predicted molar refractivity (Wildman–Crippen MR) is 62.2 cm³/mol. The number of phenols is 1. The van der Waals surface area contributed by atoms with Crippen molar-refractivity contribution >= 4 is 51.5 Å². The fourth-order valence-corrected chi connectivity index (χ4v) is 2.19. The Bertz CT molecular complexity index is 393. The van der Waals surface area contributed by atoms with E-state index in [1.165, 1.54) is 0 Å². The van der Waals surface area contributed by atoms with Gasteiger partial charge in [0.25, 0.3) is 0 Å². The van der Waals surface area contributed by atoms with E-state index < -0.39 is 16.4 Å². The Labute approximate surface area is 103 Å². The minimum absolute atomic E-state index is 0.0814. The summed E-state index contributed by atoms with van der Waals surface area (Å²) in [6.45, 7) is 1.58. The summed E-state index contributed by atoms with van der Waals surface area (Å²) in [5.74, 6) is -0.539. The molecular weight excluding hydrogens is 344 g/mol. The first-order chi connectivity index (χ1) is 6.37. The van der Waals surface area contributed by atoms with E-state index in [1.54, 1.807) is 29.5 Å². The SMILES string of the molecule is Cc1c(Cl)c(O)c([N+](=O)[O-])c(I)c1Cl. The number of nitro groups is 1. The largest absolute Gasteiger partial charge is 0.501 e. The number of rotatable bonds is 1. The summed E-state index contributed by atoms with van der Waals surface area (Å²) in [6, 6.07) is 0. The molecule has 0 unspecified atom stereocenters. The maximum atomic E-state index is 10.6. The number of halogens is 3. The molecule has 0 saturated carbocycles. The summed E-state index contributed by atoms with van der Waals surface area (Å²) in [6.07, 6.45) is 0. The molecule has 0 spiro atoms. The first kappa shape index (κ1) is 11.8. The molecule has 1 N–H and O–H groups in total. The molecule has 1 aromatic carbocycles. The Morgan fingerprint density at radius 3 is 2.36 bits per heavy atom. The summed E-state index contributed by atoms with van der Waals surface area (Å²) in [7, 11) is 0. The molecule has 0 heterocycles. The molecular formula is C7H4Cl2INO3. The van der Waals surface area contributed by atoms with Crippen LogP contribution in [0.2, 0.25) is 10.0 Å². The van der Waals surface area contributed by atoms with Gasteiger partial charge in [0.2, 0.25) is 5.75 Å². The highest BCUT2D eigenvalue weighted by atomic mass is 127. The van der Waals surface area contributed by atoms with Crippen molar-refractivity contribution in [2.75, 3.05) is 0 Å². The average molecular weight is 348 g/mol. The molecule has 76 valence electrons. The lowest BCUT2D eigenvalue weighted by Crippen LogP contribution is -1.95. The van der Waals surface area contributed by atoms with Crippen LogP contribution in [0.5, 0.6) is 5.75 Å². The zero-order valence-electron chi connectivity index (χ0n) is 6.84. The molecule has 1 aromatic rings. The van der Waals surface area contributed by atoms with Crippen molar-refractivity contribution in [3.05, 3.63) is 29.3 Å². The summed E-state index contributed by atoms with van der Waals surface area (Å²) in [4.78, 5) is 9.87. The smallest absolute Gasteiger partial charge is 0.327 e. The Morgan fingerprint density at radius 2 is 1.93 bits per heavy atom. The third-order valence-electron chi connectivity index (χ3n) is 1.67. The van der Waals surface area contributed by atoms with Crippen LogP contribution in [0, 0.1) is 20.6 Å². The van der Waals surface area contributed by atoms with E-state index in [4.69, 9.17) is 23.2 Å². The second-order valence-electron chi connectivity index (χ2n) is 2.52. The van der Waals surface area contributed by atoms with Crippen LogP contribution >= 0.6 is 45.8 Å².